The van der Waals surface area contributed by atoms with Gasteiger partial charge in [0.25, 0.3) is 5.91 Å². The number of hydrogen-bond acceptors (Lipinski definition) is 2. The Bertz CT molecular complexity index is 470. The second-order valence-electron chi connectivity index (χ2n) is 4.34. The molecule has 0 radical (unpaired) electrons. The minimum Gasteiger partial charge on any atom is -0.362 e. The van der Waals surface area contributed by atoms with E-state index in [2.05, 4.69) is 0 Å². The van der Waals surface area contributed by atoms with E-state index in [1.165, 1.54) is 17.0 Å². The fourth-order valence-electron chi connectivity index (χ4n) is 1.86. The van der Waals surface area contributed by atoms with Crippen LogP contribution in [0.1, 0.15) is 30.6 Å². The second-order valence-corrected chi connectivity index (χ2v) is 4.75. The van der Waals surface area contributed by atoms with Gasteiger partial charge in [-0.15, -0.1) is 0 Å². The summed E-state index contributed by atoms with van der Waals surface area (Å²) in [7, 11) is 0. The highest BCUT2D eigenvalue weighted by atomic mass is 35.5. The molecule has 19 heavy (non-hydrogen) atoms. The standard InChI is InChI=1S/C12H12ClF2NO2.CH4/c13-9-7-8(1-2-10(9)14)11(17)16-5-3-12(15,18)4-6-16;/h1-2,7,18H,3-6H2;1H4. The van der Waals surface area contributed by atoms with Gasteiger partial charge in [-0.05, 0) is 18.2 Å². The Balaban J connectivity index is 0.00000180. The molecule has 3 nitrogen and oxygen atoms in total. The third kappa shape index (κ3) is 3.64. The van der Waals surface area contributed by atoms with Gasteiger partial charge in [0.15, 0.2) is 0 Å². The maximum Gasteiger partial charge on any atom is 0.253 e. The Kier molecular flexibility index (Phi) is 4.87. The number of carbonyl (C=O) groups is 1. The van der Waals surface area contributed by atoms with E-state index in [0.29, 0.717) is 0 Å². The average Bonchev–Trinajstić information content (AvgIpc) is 2.32. The Labute approximate surface area is 115 Å². The first kappa shape index (κ1) is 15.9. The van der Waals surface area contributed by atoms with E-state index in [0.717, 1.165) is 6.07 Å². The van der Waals surface area contributed by atoms with Crippen LogP contribution in [0, 0.1) is 5.82 Å². The number of alkyl halides is 1. The fraction of sp³-hybridized carbons (Fsp3) is 0.462. The van der Waals surface area contributed by atoms with Crippen molar-refractivity contribution in [2.75, 3.05) is 13.1 Å². The van der Waals surface area contributed by atoms with Gasteiger partial charge in [-0.3, -0.25) is 4.79 Å². The highest BCUT2D eigenvalue weighted by molar-refractivity contribution is 6.31. The minimum absolute atomic E-state index is 0. The summed E-state index contributed by atoms with van der Waals surface area (Å²) < 4.78 is 26.1. The summed E-state index contributed by atoms with van der Waals surface area (Å²) in [4.78, 5) is 13.4. The van der Waals surface area contributed by atoms with E-state index in [4.69, 9.17) is 16.7 Å². The van der Waals surface area contributed by atoms with Gasteiger partial charge in [0.05, 0.1) is 5.02 Å². The van der Waals surface area contributed by atoms with Crippen LogP contribution in [0.25, 0.3) is 0 Å². The molecular weight excluding hydrogens is 276 g/mol. The number of rotatable bonds is 1. The molecule has 0 aliphatic carbocycles. The lowest BCUT2D eigenvalue weighted by Gasteiger charge is -2.33. The molecule has 0 spiro atoms. The summed E-state index contributed by atoms with van der Waals surface area (Å²) in [6, 6.07) is 3.69. The lowest BCUT2D eigenvalue weighted by molar-refractivity contribution is -0.121. The topological polar surface area (TPSA) is 40.5 Å². The van der Waals surface area contributed by atoms with Crippen LogP contribution in [-0.4, -0.2) is 34.9 Å². The molecule has 1 saturated heterocycles. The van der Waals surface area contributed by atoms with Crippen molar-refractivity contribution in [2.45, 2.75) is 26.1 Å². The van der Waals surface area contributed by atoms with E-state index >= 15 is 0 Å². The quantitative estimate of drug-likeness (QED) is 0.864. The molecule has 106 valence electrons. The van der Waals surface area contributed by atoms with Crippen LogP contribution in [0.15, 0.2) is 18.2 Å². The molecular formula is C13H16ClF2NO2. The summed E-state index contributed by atoms with van der Waals surface area (Å²) in [5, 5.41) is 9.02. The van der Waals surface area contributed by atoms with Gasteiger partial charge in [-0.2, -0.15) is 0 Å². The van der Waals surface area contributed by atoms with Crippen LogP contribution >= 0.6 is 11.6 Å². The van der Waals surface area contributed by atoms with Crippen LogP contribution in [0.4, 0.5) is 8.78 Å². The molecule has 0 atom stereocenters. The van der Waals surface area contributed by atoms with Crippen molar-refractivity contribution in [3.05, 3.63) is 34.6 Å². The van der Waals surface area contributed by atoms with Gasteiger partial charge in [0.2, 0.25) is 5.85 Å². The van der Waals surface area contributed by atoms with Crippen LogP contribution in [0.5, 0.6) is 0 Å². The number of nitrogens with zero attached hydrogens (tertiary/aromatic N) is 1. The van der Waals surface area contributed by atoms with E-state index in [1.807, 2.05) is 0 Å². The zero-order chi connectivity index (χ0) is 13.3. The molecule has 1 heterocycles. The second kappa shape index (κ2) is 5.84. The molecule has 0 bridgehead atoms. The van der Waals surface area contributed by atoms with Crippen molar-refractivity contribution < 1.29 is 18.7 Å². The Morgan fingerprint density at radius 3 is 2.47 bits per heavy atom. The number of carbonyl (C=O) groups excluding carboxylic acids is 1. The summed E-state index contributed by atoms with van der Waals surface area (Å²) in [5.41, 5.74) is 0.255. The highest BCUT2D eigenvalue weighted by Gasteiger charge is 2.33. The van der Waals surface area contributed by atoms with Crippen molar-refractivity contribution in [3.63, 3.8) is 0 Å². The van der Waals surface area contributed by atoms with E-state index in [-0.39, 0.29) is 49.9 Å². The number of benzene rings is 1. The molecule has 1 aromatic carbocycles. The van der Waals surface area contributed by atoms with Crippen LogP contribution < -0.4 is 0 Å². The molecule has 0 unspecified atom stereocenters. The number of piperidine rings is 1. The van der Waals surface area contributed by atoms with Crippen molar-refractivity contribution in [1.29, 1.82) is 0 Å². The van der Waals surface area contributed by atoms with Crippen molar-refractivity contribution in [2.24, 2.45) is 0 Å². The molecule has 1 fully saturated rings. The van der Waals surface area contributed by atoms with E-state index in [9.17, 15) is 13.6 Å². The molecule has 1 aliphatic rings. The molecule has 1 aromatic rings. The van der Waals surface area contributed by atoms with Gasteiger partial charge in [-0.1, -0.05) is 19.0 Å². The zero-order valence-electron chi connectivity index (χ0n) is 9.50. The maximum atomic E-state index is 13.2. The molecule has 1 aliphatic heterocycles. The smallest absolute Gasteiger partial charge is 0.253 e. The summed E-state index contributed by atoms with van der Waals surface area (Å²) >= 11 is 5.60. The van der Waals surface area contributed by atoms with Crippen LogP contribution in [-0.2, 0) is 0 Å². The first-order valence-corrected chi connectivity index (χ1v) is 5.92. The monoisotopic (exact) mass is 291 g/mol. The number of halogens is 3. The molecule has 1 N–H and O–H groups in total. The Morgan fingerprint density at radius 1 is 1.37 bits per heavy atom. The summed E-state index contributed by atoms with van der Waals surface area (Å²) in [5.74, 6) is -3.13. The molecule has 0 saturated carbocycles. The van der Waals surface area contributed by atoms with E-state index in [1.54, 1.807) is 0 Å². The SMILES string of the molecule is C.O=C(c1ccc(F)c(Cl)c1)N1CCC(O)(F)CC1. The predicted molar refractivity (Wildman–Crippen MR) is 69.3 cm³/mol. The largest absolute Gasteiger partial charge is 0.362 e. The van der Waals surface area contributed by atoms with Crippen molar-refractivity contribution >= 4 is 17.5 Å². The number of hydrogen-bond donors (Lipinski definition) is 1. The van der Waals surface area contributed by atoms with Crippen LogP contribution in [0.2, 0.25) is 5.02 Å². The maximum absolute atomic E-state index is 13.2. The summed E-state index contributed by atoms with van der Waals surface area (Å²) in [6.07, 6.45) is -0.235. The molecule has 2 rings (SSSR count). The van der Waals surface area contributed by atoms with E-state index < -0.39 is 11.7 Å². The molecule has 1 amide bonds. The third-order valence-electron chi connectivity index (χ3n) is 2.98. The number of likely N-dealkylation sites (tertiary alicyclic amines) is 1. The first-order valence-electron chi connectivity index (χ1n) is 5.55. The van der Waals surface area contributed by atoms with Crippen molar-refractivity contribution in [3.8, 4) is 0 Å². The highest BCUT2D eigenvalue weighted by Crippen LogP contribution is 2.25. The average molecular weight is 292 g/mol. The Morgan fingerprint density at radius 2 is 1.95 bits per heavy atom. The van der Waals surface area contributed by atoms with Crippen molar-refractivity contribution in [1.82, 2.24) is 4.90 Å². The fourth-order valence-corrected chi connectivity index (χ4v) is 2.04. The van der Waals surface area contributed by atoms with Gasteiger partial charge in [0.1, 0.15) is 5.82 Å². The molecule has 0 aromatic heterocycles. The van der Waals surface area contributed by atoms with Crippen LogP contribution in [0.3, 0.4) is 0 Å². The number of amides is 1. The van der Waals surface area contributed by atoms with Gasteiger partial charge in [-0.25, -0.2) is 8.78 Å². The summed E-state index contributed by atoms with van der Waals surface area (Å²) in [6.45, 7) is 0.252. The minimum atomic E-state index is -2.20. The Hall–Kier alpha value is -1.20. The van der Waals surface area contributed by atoms with Gasteiger partial charge >= 0.3 is 0 Å². The van der Waals surface area contributed by atoms with Gasteiger partial charge < -0.3 is 10.0 Å². The lowest BCUT2D eigenvalue weighted by Crippen LogP contribution is -2.44. The predicted octanol–water partition coefficient (Wildman–Crippen LogP) is 3.01. The van der Waals surface area contributed by atoms with Gasteiger partial charge in [0, 0.05) is 31.5 Å². The number of aliphatic hydroxyl groups is 1. The zero-order valence-corrected chi connectivity index (χ0v) is 10.3. The third-order valence-corrected chi connectivity index (χ3v) is 3.27. The first-order chi connectivity index (χ1) is 8.39. The molecule has 6 heteroatoms. The lowest BCUT2D eigenvalue weighted by atomic mass is 10.0. The normalized spacial score (nSPS) is 17.8.